The van der Waals surface area contributed by atoms with Gasteiger partial charge in [0, 0.05) is 12.6 Å². The van der Waals surface area contributed by atoms with E-state index in [0.29, 0.717) is 6.04 Å². The topological polar surface area (TPSA) is 12.0 Å². The van der Waals surface area contributed by atoms with Gasteiger partial charge in [-0.15, -0.1) is 0 Å². The summed E-state index contributed by atoms with van der Waals surface area (Å²) in [6, 6.07) is 8.94. The van der Waals surface area contributed by atoms with Crippen LogP contribution in [0.1, 0.15) is 11.1 Å². The predicted octanol–water partition coefficient (Wildman–Crippen LogP) is 1.53. The summed E-state index contributed by atoms with van der Waals surface area (Å²) in [5, 5.41) is 3.33. The molecule has 1 heterocycles. The molecule has 2 rings (SSSR count). The summed E-state index contributed by atoms with van der Waals surface area (Å²) in [5.74, 6) is 0. The van der Waals surface area contributed by atoms with Crippen LogP contribution in [-0.2, 0) is 13.0 Å². The van der Waals surface area contributed by atoms with Gasteiger partial charge in [-0.25, -0.2) is 0 Å². The smallest absolute Gasteiger partial charge is 0.0210 e. The summed E-state index contributed by atoms with van der Waals surface area (Å²) in [6.07, 6.45) is 1.07. The van der Waals surface area contributed by atoms with E-state index >= 15 is 0 Å². The second kappa shape index (κ2) is 2.67. The van der Waals surface area contributed by atoms with E-state index in [1.165, 1.54) is 11.1 Å². The molecule has 0 fully saturated rings. The number of nitrogens with one attached hydrogen (secondary N) is 1. The van der Waals surface area contributed by atoms with Crippen molar-refractivity contribution in [1.82, 2.24) is 5.32 Å². The number of benzene rings is 1. The highest BCUT2D eigenvalue weighted by molar-refractivity contribution is 5.29. The molecule has 0 amide bonds. The van der Waals surface area contributed by atoms with Crippen LogP contribution in [0.2, 0.25) is 0 Å². The summed E-state index contributed by atoms with van der Waals surface area (Å²) in [7, 11) is 0. The summed E-state index contributed by atoms with van der Waals surface area (Å²) in [6.45, 7) is 4.96. The van der Waals surface area contributed by atoms with Crippen LogP contribution >= 0.6 is 0 Å². The van der Waals surface area contributed by atoms with Crippen LogP contribution in [0.4, 0.5) is 0 Å². The maximum absolute atomic E-state index is 3.99. The fourth-order valence-electron chi connectivity index (χ4n) is 1.52. The van der Waals surface area contributed by atoms with E-state index in [0.717, 1.165) is 13.0 Å². The molecular formula is C10H12N. The zero-order chi connectivity index (χ0) is 7.68. The van der Waals surface area contributed by atoms with E-state index in [1.54, 1.807) is 0 Å². The van der Waals surface area contributed by atoms with Crippen LogP contribution in [0.5, 0.6) is 0 Å². The highest BCUT2D eigenvalue weighted by Crippen LogP contribution is 2.15. The molecule has 1 aliphatic rings. The van der Waals surface area contributed by atoms with Crippen LogP contribution in [0.15, 0.2) is 24.3 Å². The average molecular weight is 146 g/mol. The largest absolute Gasteiger partial charge is 0.310 e. The molecular weight excluding hydrogens is 134 g/mol. The van der Waals surface area contributed by atoms with Crippen LogP contribution in [0, 0.1) is 6.92 Å². The average Bonchev–Trinajstić information content (AvgIpc) is 2.04. The Morgan fingerprint density at radius 2 is 2.00 bits per heavy atom. The molecule has 1 heteroatoms. The molecule has 1 nitrogen and oxygen atoms in total. The quantitative estimate of drug-likeness (QED) is 0.585. The maximum Gasteiger partial charge on any atom is 0.0210 e. The number of rotatable bonds is 0. The zero-order valence-corrected chi connectivity index (χ0v) is 6.51. The molecule has 0 aromatic heterocycles. The van der Waals surface area contributed by atoms with Gasteiger partial charge in [0.15, 0.2) is 0 Å². The van der Waals surface area contributed by atoms with Crippen LogP contribution in [0.25, 0.3) is 0 Å². The minimum atomic E-state index is 0.393. The Morgan fingerprint density at radius 1 is 1.27 bits per heavy atom. The third-order valence-electron chi connectivity index (χ3n) is 2.17. The van der Waals surface area contributed by atoms with Crippen molar-refractivity contribution >= 4 is 0 Å². The van der Waals surface area contributed by atoms with Crippen molar-refractivity contribution < 1.29 is 0 Å². The summed E-state index contributed by atoms with van der Waals surface area (Å²) >= 11 is 0. The van der Waals surface area contributed by atoms with Crippen molar-refractivity contribution in [2.45, 2.75) is 19.0 Å². The first-order valence-corrected chi connectivity index (χ1v) is 3.99. The minimum absolute atomic E-state index is 0.393. The lowest BCUT2D eigenvalue weighted by Crippen LogP contribution is -2.32. The molecule has 1 N–H and O–H groups in total. The van der Waals surface area contributed by atoms with Gasteiger partial charge in [0.25, 0.3) is 0 Å². The minimum Gasteiger partial charge on any atom is -0.310 e. The van der Waals surface area contributed by atoms with Gasteiger partial charge in [0.05, 0.1) is 0 Å². The highest BCUT2D eigenvalue weighted by Gasteiger charge is 2.12. The van der Waals surface area contributed by atoms with Crippen LogP contribution < -0.4 is 5.32 Å². The van der Waals surface area contributed by atoms with Crippen LogP contribution in [0.3, 0.4) is 0 Å². The third kappa shape index (κ3) is 1.29. The Morgan fingerprint density at radius 3 is 2.82 bits per heavy atom. The summed E-state index contributed by atoms with van der Waals surface area (Å²) < 4.78 is 0. The van der Waals surface area contributed by atoms with Crippen molar-refractivity contribution in [3.63, 3.8) is 0 Å². The first kappa shape index (κ1) is 6.86. The molecule has 1 aromatic rings. The van der Waals surface area contributed by atoms with Crippen molar-refractivity contribution in [3.8, 4) is 0 Å². The Kier molecular flexibility index (Phi) is 1.66. The second-order valence-corrected chi connectivity index (χ2v) is 3.05. The fourth-order valence-corrected chi connectivity index (χ4v) is 1.52. The first-order valence-electron chi connectivity index (χ1n) is 3.99. The van der Waals surface area contributed by atoms with E-state index < -0.39 is 0 Å². The van der Waals surface area contributed by atoms with Gasteiger partial charge in [0.2, 0.25) is 0 Å². The molecule has 11 heavy (non-hydrogen) atoms. The predicted molar refractivity (Wildman–Crippen MR) is 46.1 cm³/mol. The zero-order valence-electron chi connectivity index (χ0n) is 6.51. The van der Waals surface area contributed by atoms with Gasteiger partial charge < -0.3 is 5.32 Å². The SMILES string of the molecule is [CH2]C1Cc2ccccc2CN1. The molecule has 0 bridgehead atoms. The van der Waals surface area contributed by atoms with Crippen molar-refractivity contribution in [1.29, 1.82) is 0 Å². The lowest BCUT2D eigenvalue weighted by atomic mass is 9.97. The molecule has 0 saturated carbocycles. The van der Waals surface area contributed by atoms with E-state index in [9.17, 15) is 0 Å². The molecule has 1 atom stereocenters. The van der Waals surface area contributed by atoms with Crippen molar-refractivity contribution in [3.05, 3.63) is 42.3 Å². The molecule has 0 spiro atoms. The van der Waals surface area contributed by atoms with Crippen LogP contribution in [-0.4, -0.2) is 6.04 Å². The van der Waals surface area contributed by atoms with Gasteiger partial charge in [-0.05, 0) is 24.5 Å². The molecule has 57 valence electrons. The Bertz CT molecular complexity index is 255. The lowest BCUT2D eigenvalue weighted by Gasteiger charge is -2.22. The Labute approximate surface area is 67.4 Å². The molecule has 0 saturated heterocycles. The first-order chi connectivity index (χ1) is 5.36. The number of fused-ring (bicyclic) bond motifs is 1. The molecule has 1 aromatic carbocycles. The van der Waals surface area contributed by atoms with E-state index in [1.807, 2.05) is 0 Å². The molecule has 1 aliphatic heterocycles. The molecule has 0 aliphatic carbocycles. The van der Waals surface area contributed by atoms with Crippen molar-refractivity contribution in [2.75, 3.05) is 0 Å². The molecule has 1 unspecified atom stereocenters. The Balaban J connectivity index is 2.34. The van der Waals surface area contributed by atoms with Gasteiger partial charge >= 0.3 is 0 Å². The number of hydrogen-bond acceptors (Lipinski definition) is 1. The van der Waals surface area contributed by atoms with Crippen molar-refractivity contribution in [2.24, 2.45) is 0 Å². The van der Waals surface area contributed by atoms with Gasteiger partial charge in [-0.2, -0.15) is 0 Å². The molecule has 1 radical (unpaired) electrons. The summed E-state index contributed by atoms with van der Waals surface area (Å²) in [5.41, 5.74) is 2.87. The standard InChI is InChI=1S/C10H12N/c1-8-6-9-4-2-3-5-10(9)7-11-8/h2-5,8,11H,1,6-7H2. The van der Waals surface area contributed by atoms with Gasteiger partial charge in [-0.3, -0.25) is 0 Å². The fraction of sp³-hybridized carbons (Fsp3) is 0.300. The Hall–Kier alpha value is -0.820. The normalized spacial score (nSPS) is 22.8. The number of hydrogen-bond donors (Lipinski definition) is 1. The maximum atomic E-state index is 3.99. The lowest BCUT2D eigenvalue weighted by molar-refractivity contribution is 0.551. The highest BCUT2D eigenvalue weighted by atomic mass is 14.9. The second-order valence-electron chi connectivity index (χ2n) is 3.05. The van der Waals surface area contributed by atoms with Gasteiger partial charge in [0.1, 0.15) is 0 Å². The van der Waals surface area contributed by atoms with Gasteiger partial charge in [-0.1, -0.05) is 24.3 Å². The summed E-state index contributed by atoms with van der Waals surface area (Å²) in [4.78, 5) is 0. The monoisotopic (exact) mass is 146 g/mol. The van der Waals surface area contributed by atoms with E-state index in [-0.39, 0.29) is 0 Å². The third-order valence-corrected chi connectivity index (χ3v) is 2.17. The van der Waals surface area contributed by atoms with E-state index in [2.05, 4.69) is 36.5 Å². The van der Waals surface area contributed by atoms with E-state index in [4.69, 9.17) is 0 Å².